The molecule has 1 heterocycles. The number of rotatable bonds is 6. The molecule has 132 valence electrons. The number of nitrogens with one attached hydrogen (secondary N) is 2. The van der Waals surface area contributed by atoms with Gasteiger partial charge in [0.2, 0.25) is 0 Å². The Labute approximate surface area is 146 Å². The molecule has 0 unspecified atom stereocenters. The molecule has 0 spiro atoms. The van der Waals surface area contributed by atoms with E-state index in [9.17, 15) is 13.5 Å². The summed E-state index contributed by atoms with van der Waals surface area (Å²) < 4.78 is 31.2. The van der Waals surface area contributed by atoms with Crippen LogP contribution in [0.5, 0.6) is 0 Å². The minimum Gasteiger partial charge on any atom is -0.385 e. The van der Waals surface area contributed by atoms with E-state index in [1.165, 1.54) is 0 Å². The first-order valence-electron chi connectivity index (χ1n) is 7.81. The fourth-order valence-corrected chi connectivity index (χ4v) is 3.49. The minimum absolute atomic E-state index is 0.203. The highest BCUT2D eigenvalue weighted by molar-refractivity contribution is 7.90. The van der Waals surface area contributed by atoms with Crippen molar-refractivity contribution in [2.45, 2.75) is 19.6 Å². The van der Waals surface area contributed by atoms with Gasteiger partial charge in [-0.25, -0.2) is 4.98 Å². The monoisotopic (exact) mass is 360 g/mol. The van der Waals surface area contributed by atoms with Gasteiger partial charge in [-0.05, 0) is 30.7 Å². The maximum atomic E-state index is 12.2. The molecule has 2 aromatic carbocycles. The number of anilines is 1. The lowest BCUT2D eigenvalue weighted by Gasteiger charge is -2.09. The van der Waals surface area contributed by atoms with E-state index in [0.717, 1.165) is 11.1 Å². The Kier molecular flexibility index (Phi) is 4.76. The average molecular weight is 360 g/mol. The Hall–Kier alpha value is -2.42. The number of aromatic nitrogens is 2. The van der Waals surface area contributed by atoms with Gasteiger partial charge >= 0.3 is 0 Å². The van der Waals surface area contributed by atoms with E-state index in [4.69, 9.17) is 0 Å². The summed E-state index contributed by atoms with van der Waals surface area (Å²) in [5.41, 5.74) is 2.70. The predicted molar refractivity (Wildman–Crippen MR) is 97.2 cm³/mol. The second kappa shape index (κ2) is 6.83. The number of aliphatic hydroxyl groups excluding tert-OH is 1. The highest BCUT2D eigenvalue weighted by Gasteiger charge is 2.14. The second-order valence-electron chi connectivity index (χ2n) is 5.82. The Morgan fingerprint density at radius 1 is 1.20 bits per heavy atom. The summed E-state index contributed by atoms with van der Waals surface area (Å²) in [5.74, 6) is 0.525. The van der Waals surface area contributed by atoms with Crippen LogP contribution in [0.4, 0.5) is 5.69 Å². The molecule has 0 aliphatic carbocycles. The van der Waals surface area contributed by atoms with E-state index in [1.54, 1.807) is 29.7 Å². The van der Waals surface area contributed by atoms with E-state index in [1.807, 2.05) is 37.4 Å². The van der Waals surface area contributed by atoms with Crippen LogP contribution in [-0.2, 0) is 23.8 Å². The Morgan fingerprint density at radius 3 is 2.60 bits per heavy atom. The zero-order valence-electron chi connectivity index (χ0n) is 14.0. The molecule has 0 aliphatic rings. The smallest absolute Gasteiger partial charge is 0.299 e. The van der Waals surface area contributed by atoms with Crippen LogP contribution in [0.2, 0.25) is 0 Å². The first-order valence-corrected chi connectivity index (χ1v) is 9.30. The topological polar surface area (TPSA) is 96.2 Å². The summed E-state index contributed by atoms with van der Waals surface area (Å²) in [6.07, 6.45) is -0.704. The number of aryl methyl sites for hydroxylation is 1. The lowest BCUT2D eigenvalue weighted by Crippen LogP contribution is -2.29. The maximum absolute atomic E-state index is 12.2. The van der Waals surface area contributed by atoms with Crippen molar-refractivity contribution in [3.63, 3.8) is 0 Å². The first-order chi connectivity index (χ1) is 11.9. The van der Waals surface area contributed by atoms with Gasteiger partial charge in [-0.3, -0.25) is 4.72 Å². The third kappa shape index (κ3) is 3.98. The fraction of sp³-hybridized carbons (Fsp3) is 0.235. The van der Waals surface area contributed by atoms with Crippen LogP contribution in [0, 0.1) is 0 Å². The first kappa shape index (κ1) is 17.4. The lowest BCUT2D eigenvalue weighted by atomic mass is 10.2. The van der Waals surface area contributed by atoms with Crippen molar-refractivity contribution in [3.05, 3.63) is 59.9 Å². The van der Waals surface area contributed by atoms with Gasteiger partial charge in [0, 0.05) is 13.6 Å². The van der Waals surface area contributed by atoms with Gasteiger partial charge in [-0.15, -0.1) is 0 Å². The molecule has 3 aromatic rings. The van der Waals surface area contributed by atoms with Crippen LogP contribution in [-0.4, -0.2) is 23.1 Å². The molecule has 1 aromatic heterocycles. The van der Waals surface area contributed by atoms with Crippen molar-refractivity contribution < 1.29 is 13.5 Å². The summed E-state index contributed by atoms with van der Waals surface area (Å²) in [4.78, 5) is 4.35. The van der Waals surface area contributed by atoms with Crippen LogP contribution in [0.3, 0.4) is 0 Å². The van der Waals surface area contributed by atoms with E-state index in [-0.39, 0.29) is 6.54 Å². The minimum atomic E-state index is -3.71. The van der Waals surface area contributed by atoms with Gasteiger partial charge in [-0.1, -0.05) is 30.3 Å². The van der Waals surface area contributed by atoms with Crippen molar-refractivity contribution in [1.29, 1.82) is 0 Å². The van der Waals surface area contributed by atoms with Crippen molar-refractivity contribution in [2.75, 3.05) is 4.72 Å². The Bertz CT molecular complexity index is 982. The molecule has 0 radical (unpaired) electrons. The molecule has 0 fully saturated rings. The van der Waals surface area contributed by atoms with Gasteiger partial charge in [0.05, 0.1) is 16.7 Å². The maximum Gasteiger partial charge on any atom is 0.299 e. The normalized spacial score (nSPS) is 13.1. The number of hydrogen-bond donors (Lipinski definition) is 3. The third-order valence-electron chi connectivity index (χ3n) is 3.85. The van der Waals surface area contributed by atoms with Crippen LogP contribution in [0.15, 0.2) is 48.5 Å². The zero-order chi connectivity index (χ0) is 18.0. The predicted octanol–water partition coefficient (Wildman–Crippen LogP) is 2.07. The summed E-state index contributed by atoms with van der Waals surface area (Å²) in [6, 6.07) is 14.3. The van der Waals surface area contributed by atoms with Crippen molar-refractivity contribution in [1.82, 2.24) is 14.3 Å². The molecule has 7 nitrogen and oxygen atoms in total. The van der Waals surface area contributed by atoms with Crippen LogP contribution in [0.25, 0.3) is 11.0 Å². The highest BCUT2D eigenvalue weighted by atomic mass is 32.2. The standard InChI is InChI=1S/C17H20N4O3S/c1-12(22)17-19-15-10-14(8-9-16(15)21(17)2)20-25(23,24)18-11-13-6-4-3-5-7-13/h3-10,12,18,20,22H,11H2,1-2H3/t12-/m1/s1. The lowest BCUT2D eigenvalue weighted by molar-refractivity contribution is 0.186. The number of hydrogen-bond acceptors (Lipinski definition) is 4. The number of fused-ring (bicyclic) bond motifs is 1. The summed E-state index contributed by atoms with van der Waals surface area (Å²) in [7, 11) is -1.90. The van der Waals surface area contributed by atoms with E-state index < -0.39 is 16.3 Å². The van der Waals surface area contributed by atoms with Crippen molar-refractivity contribution in [2.24, 2.45) is 7.05 Å². The Morgan fingerprint density at radius 2 is 1.92 bits per heavy atom. The molecule has 0 bridgehead atoms. The average Bonchev–Trinajstić information content (AvgIpc) is 2.90. The molecule has 3 N–H and O–H groups in total. The Balaban J connectivity index is 1.77. The van der Waals surface area contributed by atoms with Gasteiger partial charge in [0.25, 0.3) is 10.2 Å². The molecule has 1 atom stereocenters. The van der Waals surface area contributed by atoms with Crippen LogP contribution < -0.4 is 9.44 Å². The molecule has 0 aliphatic heterocycles. The highest BCUT2D eigenvalue weighted by Crippen LogP contribution is 2.23. The van der Waals surface area contributed by atoms with Crippen molar-refractivity contribution in [3.8, 4) is 0 Å². The quantitative estimate of drug-likeness (QED) is 0.627. The molecule has 25 heavy (non-hydrogen) atoms. The second-order valence-corrected chi connectivity index (χ2v) is 7.32. The van der Waals surface area contributed by atoms with Gasteiger partial charge in [-0.2, -0.15) is 13.1 Å². The number of benzene rings is 2. The van der Waals surface area contributed by atoms with Crippen LogP contribution >= 0.6 is 0 Å². The molecule has 0 amide bonds. The summed E-state index contributed by atoms with van der Waals surface area (Å²) in [6.45, 7) is 1.84. The summed E-state index contributed by atoms with van der Waals surface area (Å²) in [5, 5.41) is 9.73. The zero-order valence-corrected chi connectivity index (χ0v) is 14.8. The molecule has 3 rings (SSSR count). The number of nitrogens with zero attached hydrogens (tertiary/aromatic N) is 2. The molecule has 0 saturated heterocycles. The fourth-order valence-electron chi connectivity index (χ4n) is 2.62. The molecule has 8 heteroatoms. The SMILES string of the molecule is C[C@@H](O)c1nc2cc(NS(=O)(=O)NCc3ccccc3)ccc2n1C. The third-order valence-corrected chi connectivity index (χ3v) is 4.88. The molecular formula is C17H20N4O3S. The number of aliphatic hydroxyl groups is 1. The summed E-state index contributed by atoms with van der Waals surface area (Å²) >= 11 is 0. The molecule has 0 saturated carbocycles. The van der Waals surface area contributed by atoms with E-state index in [0.29, 0.717) is 17.0 Å². The molecular weight excluding hydrogens is 340 g/mol. The van der Waals surface area contributed by atoms with E-state index >= 15 is 0 Å². The van der Waals surface area contributed by atoms with E-state index in [2.05, 4.69) is 14.4 Å². The van der Waals surface area contributed by atoms with Crippen LogP contribution in [0.1, 0.15) is 24.4 Å². The van der Waals surface area contributed by atoms with Crippen molar-refractivity contribution >= 4 is 26.9 Å². The van der Waals surface area contributed by atoms with Gasteiger partial charge in [0.1, 0.15) is 11.9 Å². The number of imidazole rings is 1. The van der Waals surface area contributed by atoms with Gasteiger partial charge in [0.15, 0.2) is 0 Å². The largest absolute Gasteiger partial charge is 0.385 e. The van der Waals surface area contributed by atoms with Gasteiger partial charge < -0.3 is 9.67 Å².